The minimum atomic E-state index is -6.38. The van der Waals surface area contributed by atoms with E-state index in [4.69, 9.17) is 0 Å². The van der Waals surface area contributed by atoms with Crippen LogP contribution >= 0.6 is 0 Å². The smallest absolute Gasteiger partial charge is 0.381 e. The number of alkyl halides is 8. The summed E-state index contributed by atoms with van der Waals surface area (Å²) in [4.78, 5) is 0. The van der Waals surface area contributed by atoms with Crippen molar-refractivity contribution in [1.82, 2.24) is 0 Å². The van der Waals surface area contributed by atoms with E-state index in [1.165, 1.54) is 0 Å². The average molecular weight is 314 g/mol. The zero-order valence-corrected chi connectivity index (χ0v) is 9.82. The maximum atomic E-state index is 13.0. The third-order valence-corrected chi connectivity index (χ3v) is 2.08. The molecule has 0 radical (unpaired) electrons. The summed E-state index contributed by atoms with van der Waals surface area (Å²) in [6, 6.07) is 0. The highest BCUT2D eigenvalue weighted by Crippen LogP contribution is 2.52. The van der Waals surface area contributed by atoms with Gasteiger partial charge in [-0.05, 0) is 0 Å². The largest absolute Gasteiger partial charge is 0.495 e. The first-order valence-corrected chi connectivity index (χ1v) is 4.83. The second-order valence-corrected chi connectivity index (χ2v) is 3.51. The van der Waals surface area contributed by atoms with Gasteiger partial charge >= 0.3 is 23.7 Å². The van der Waals surface area contributed by atoms with Crippen LogP contribution in [0.5, 0.6) is 0 Å². The maximum Gasteiger partial charge on any atom is 0.381 e. The fourth-order valence-corrected chi connectivity index (χ4v) is 0.968. The molecule has 0 aromatic rings. The van der Waals surface area contributed by atoms with Crippen LogP contribution in [-0.2, 0) is 9.47 Å². The van der Waals surface area contributed by atoms with E-state index in [0.717, 1.165) is 0 Å². The van der Waals surface area contributed by atoms with Crippen LogP contribution in [0.25, 0.3) is 0 Å². The van der Waals surface area contributed by atoms with E-state index in [0.29, 0.717) is 0 Å². The quantitative estimate of drug-likeness (QED) is 0.475. The molecule has 118 valence electrons. The van der Waals surface area contributed by atoms with Crippen molar-refractivity contribution >= 4 is 0 Å². The predicted molar refractivity (Wildman–Crippen MR) is 52.1 cm³/mol. The molecule has 0 heterocycles. The predicted octanol–water partition coefficient (Wildman–Crippen LogP) is 3.85. The van der Waals surface area contributed by atoms with E-state index in [1.54, 1.807) is 0 Å². The fourth-order valence-electron chi connectivity index (χ4n) is 0.968. The van der Waals surface area contributed by atoms with E-state index >= 15 is 0 Å². The topological polar surface area (TPSA) is 18.5 Å². The van der Waals surface area contributed by atoms with E-state index in [2.05, 4.69) is 22.6 Å². The number of hydrogen-bond acceptors (Lipinski definition) is 2. The van der Waals surface area contributed by atoms with Crippen molar-refractivity contribution in [3.05, 3.63) is 25.7 Å². The Kier molecular flexibility index (Phi) is 5.44. The summed E-state index contributed by atoms with van der Waals surface area (Å²) < 4.78 is 111. The highest BCUT2D eigenvalue weighted by atomic mass is 19.4. The monoisotopic (exact) mass is 314 g/mol. The first-order chi connectivity index (χ1) is 8.87. The van der Waals surface area contributed by atoms with Gasteiger partial charge in [0.25, 0.3) is 0 Å². The van der Waals surface area contributed by atoms with E-state index < -0.39 is 36.9 Å². The Morgan fingerprint density at radius 2 is 0.900 bits per heavy atom. The molecule has 0 bridgehead atoms. The molecule has 0 atom stereocenters. The lowest BCUT2D eigenvalue weighted by atomic mass is 9.99. The molecule has 0 aromatic carbocycles. The molecular formula is C10H10F8O2. The minimum absolute atomic E-state index is 0.279. The van der Waals surface area contributed by atoms with E-state index in [1.807, 2.05) is 0 Å². The van der Waals surface area contributed by atoms with E-state index in [-0.39, 0.29) is 12.5 Å². The second kappa shape index (κ2) is 5.88. The highest BCUT2D eigenvalue weighted by molar-refractivity contribution is 5.03. The lowest BCUT2D eigenvalue weighted by Crippen LogP contribution is -2.64. The van der Waals surface area contributed by atoms with Crippen molar-refractivity contribution in [1.29, 1.82) is 0 Å². The Bertz CT molecular complexity index is 319. The summed E-state index contributed by atoms with van der Waals surface area (Å²) in [5.74, 6) is -23.9. The third-order valence-electron chi connectivity index (χ3n) is 2.08. The van der Waals surface area contributed by atoms with Gasteiger partial charge in [0.05, 0.1) is 12.5 Å². The van der Waals surface area contributed by atoms with Crippen LogP contribution in [0.3, 0.4) is 0 Å². The lowest BCUT2D eigenvalue weighted by Gasteiger charge is -2.36. The van der Waals surface area contributed by atoms with Gasteiger partial charge in [-0.3, -0.25) is 0 Å². The van der Waals surface area contributed by atoms with Crippen LogP contribution < -0.4 is 0 Å². The molecular weight excluding hydrogens is 304 g/mol. The summed E-state index contributed by atoms with van der Waals surface area (Å²) in [5.41, 5.74) is 0. The zero-order valence-electron chi connectivity index (χ0n) is 9.82. The Morgan fingerprint density at radius 3 is 1.10 bits per heavy atom. The first kappa shape index (κ1) is 18.5. The van der Waals surface area contributed by atoms with Gasteiger partial charge in [0, 0.05) is 0 Å². The fraction of sp³-hybridized carbons (Fsp3) is 0.600. The van der Waals surface area contributed by atoms with Crippen LogP contribution in [0.1, 0.15) is 0 Å². The molecule has 0 fully saturated rings. The van der Waals surface area contributed by atoms with Gasteiger partial charge in [-0.25, -0.2) is 0 Å². The molecule has 2 nitrogen and oxygen atoms in total. The number of rotatable bonds is 9. The summed E-state index contributed by atoms with van der Waals surface area (Å²) in [6.07, 6.45) is 0.558. The molecule has 0 rings (SSSR count). The molecule has 0 saturated carbocycles. The first-order valence-electron chi connectivity index (χ1n) is 4.83. The molecule has 0 N–H and O–H groups in total. The Morgan fingerprint density at radius 1 is 0.650 bits per heavy atom. The average Bonchev–Trinajstić information content (AvgIpc) is 2.33. The highest BCUT2D eigenvalue weighted by Gasteiger charge is 2.80. The molecule has 0 aliphatic carbocycles. The molecule has 0 aliphatic rings. The molecule has 0 spiro atoms. The van der Waals surface area contributed by atoms with Gasteiger partial charge in [0.15, 0.2) is 13.2 Å². The lowest BCUT2D eigenvalue weighted by molar-refractivity contribution is -0.374. The number of hydrogen-bond donors (Lipinski definition) is 0. The van der Waals surface area contributed by atoms with Gasteiger partial charge in [-0.1, -0.05) is 13.2 Å². The molecule has 0 aromatic heterocycles. The third kappa shape index (κ3) is 3.15. The molecule has 0 saturated heterocycles. The van der Waals surface area contributed by atoms with Crippen molar-refractivity contribution in [2.75, 3.05) is 13.2 Å². The standard InChI is InChI=1S/C10H10F8O2/c1-3-19-5-7(11,12)9(15,16)10(17,18)8(13,14)6-20-4-2/h3-4H,1-2,5-6H2. The zero-order chi connectivity index (χ0) is 16.2. The van der Waals surface area contributed by atoms with Crippen molar-refractivity contribution in [2.24, 2.45) is 0 Å². The summed E-state index contributed by atoms with van der Waals surface area (Å²) >= 11 is 0. The summed E-state index contributed by atoms with van der Waals surface area (Å²) in [7, 11) is 0. The summed E-state index contributed by atoms with van der Waals surface area (Å²) in [5, 5.41) is 0. The minimum Gasteiger partial charge on any atom is -0.495 e. The van der Waals surface area contributed by atoms with Gasteiger partial charge in [-0.15, -0.1) is 0 Å². The van der Waals surface area contributed by atoms with Gasteiger partial charge in [0.2, 0.25) is 0 Å². The van der Waals surface area contributed by atoms with Crippen molar-refractivity contribution in [2.45, 2.75) is 23.7 Å². The van der Waals surface area contributed by atoms with Gasteiger partial charge in [0.1, 0.15) is 0 Å². The SMILES string of the molecule is C=COCC(F)(F)C(F)(F)C(F)(F)C(F)(F)COC=C. The Labute approximate surface area is 108 Å². The molecule has 0 aliphatic heterocycles. The number of halogens is 8. The van der Waals surface area contributed by atoms with Gasteiger partial charge in [-0.2, -0.15) is 35.1 Å². The molecule has 0 amide bonds. The Hall–Kier alpha value is -1.48. The maximum absolute atomic E-state index is 13.0. The van der Waals surface area contributed by atoms with Crippen LogP contribution in [0, 0.1) is 0 Å². The second-order valence-electron chi connectivity index (χ2n) is 3.51. The normalized spacial score (nSPS) is 13.8. The molecule has 0 unspecified atom stereocenters. The summed E-state index contributed by atoms with van der Waals surface area (Å²) in [6.45, 7) is 0.983. The van der Waals surface area contributed by atoms with E-state index in [9.17, 15) is 35.1 Å². The van der Waals surface area contributed by atoms with Crippen LogP contribution in [0.15, 0.2) is 25.7 Å². The van der Waals surface area contributed by atoms with Crippen LogP contribution in [-0.4, -0.2) is 36.9 Å². The molecule has 10 heteroatoms. The van der Waals surface area contributed by atoms with Crippen molar-refractivity contribution in [3.63, 3.8) is 0 Å². The molecule has 20 heavy (non-hydrogen) atoms. The van der Waals surface area contributed by atoms with Crippen molar-refractivity contribution in [3.8, 4) is 0 Å². The Balaban J connectivity index is 5.42. The van der Waals surface area contributed by atoms with Crippen LogP contribution in [0.4, 0.5) is 35.1 Å². The van der Waals surface area contributed by atoms with Crippen LogP contribution in [0.2, 0.25) is 0 Å². The van der Waals surface area contributed by atoms with Gasteiger partial charge < -0.3 is 9.47 Å². The number of ether oxygens (including phenoxy) is 2. The van der Waals surface area contributed by atoms with Crippen molar-refractivity contribution < 1.29 is 44.6 Å².